The van der Waals surface area contributed by atoms with E-state index in [1.807, 2.05) is 19.0 Å². The van der Waals surface area contributed by atoms with Crippen molar-refractivity contribution in [1.82, 2.24) is 0 Å². The summed E-state index contributed by atoms with van der Waals surface area (Å²) in [6.45, 7) is 3.13. The molecule has 2 nitrogen and oxygen atoms in total. The Morgan fingerprint density at radius 1 is 1.36 bits per heavy atom. The van der Waals surface area contributed by atoms with Crippen LogP contribution in [0.25, 0.3) is 0 Å². The molecule has 0 fully saturated rings. The third-order valence-corrected chi connectivity index (χ3v) is 2.14. The Labute approximate surface area is 83.3 Å². The van der Waals surface area contributed by atoms with Gasteiger partial charge in [-0.2, -0.15) is 0 Å². The Balaban J connectivity index is 3.39. The summed E-state index contributed by atoms with van der Waals surface area (Å²) in [5.74, 6) is -0.451. The van der Waals surface area contributed by atoms with Crippen LogP contribution in [0.3, 0.4) is 0 Å². The van der Waals surface area contributed by atoms with Crippen LogP contribution < -0.4 is 4.90 Å². The van der Waals surface area contributed by atoms with Crippen molar-refractivity contribution in [3.63, 3.8) is 0 Å². The zero-order valence-electron chi connectivity index (χ0n) is 8.89. The molecule has 0 unspecified atom stereocenters. The second kappa shape index (κ2) is 3.78. The van der Waals surface area contributed by atoms with Crippen LogP contribution in [0.15, 0.2) is 12.1 Å². The van der Waals surface area contributed by atoms with E-state index >= 15 is 0 Å². The van der Waals surface area contributed by atoms with E-state index in [1.165, 1.54) is 13.0 Å². The lowest BCUT2D eigenvalue weighted by Crippen LogP contribution is -2.13. The number of carbonyl (C=O) groups excluding carboxylic acids is 1. The van der Waals surface area contributed by atoms with Crippen molar-refractivity contribution in [2.75, 3.05) is 19.0 Å². The molecule has 0 atom stereocenters. The summed E-state index contributed by atoms with van der Waals surface area (Å²) in [6, 6.07) is 2.99. The van der Waals surface area contributed by atoms with Crippen LogP contribution in [0, 0.1) is 12.7 Å². The highest BCUT2D eigenvalue weighted by Gasteiger charge is 2.12. The standard InChI is InChI=1S/C11H14FNO/c1-7-5-11(13(3)4)9(8(2)14)6-10(7)12/h5-6H,1-4H3. The van der Waals surface area contributed by atoms with E-state index in [2.05, 4.69) is 0 Å². The molecule has 1 aromatic rings. The molecule has 0 radical (unpaired) electrons. The summed E-state index contributed by atoms with van der Waals surface area (Å²) in [4.78, 5) is 13.0. The fourth-order valence-corrected chi connectivity index (χ4v) is 1.32. The van der Waals surface area contributed by atoms with E-state index in [0.717, 1.165) is 5.69 Å². The van der Waals surface area contributed by atoms with Crippen molar-refractivity contribution >= 4 is 11.5 Å². The molecule has 14 heavy (non-hydrogen) atoms. The van der Waals surface area contributed by atoms with Gasteiger partial charge in [0.25, 0.3) is 0 Å². The smallest absolute Gasteiger partial charge is 0.161 e. The van der Waals surface area contributed by atoms with Crippen LogP contribution in [-0.4, -0.2) is 19.9 Å². The van der Waals surface area contributed by atoms with Gasteiger partial charge in [-0.05, 0) is 31.5 Å². The third kappa shape index (κ3) is 1.92. The molecule has 0 aliphatic heterocycles. The predicted octanol–water partition coefficient (Wildman–Crippen LogP) is 2.40. The van der Waals surface area contributed by atoms with Gasteiger partial charge in [-0.15, -0.1) is 0 Å². The Hall–Kier alpha value is -1.38. The number of Topliss-reactive ketones (excluding diaryl/α,β-unsaturated/α-hetero) is 1. The second-order valence-corrected chi connectivity index (χ2v) is 3.57. The summed E-state index contributed by atoms with van der Waals surface area (Å²) in [7, 11) is 3.66. The highest BCUT2D eigenvalue weighted by molar-refractivity contribution is 5.99. The van der Waals surface area contributed by atoms with Crippen molar-refractivity contribution in [2.45, 2.75) is 13.8 Å². The van der Waals surface area contributed by atoms with Crippen molar-refractivity contribution in [3.05, 3.63) is 29.1 Å². The van der Waals surface area contributed by atoms with E-state index in [9.17, 15) is 9.18 Å². The Morgan fingerprint density at radius 3 is 2.36 bits per heavy atom. The lowest BCUT2D eigenvalue weighted by Gasteiger charge is -2.17. The number of nitrogens with zero attached hydrogens (tertiary/aromatic N) is 1. The lowest BCUT2D eigenvalue weighted by atomic mass is 10.1. The molecule has 1 aromatic carbocycles. The molecule has 0 bridgehead atoms. The zero-order chi connectivity index (χ0) is 10.9. The molecule has 0 spiro atoms. The molecule has 76 valence electrons. The molecule has 1 rings (SSSR count). The van der Waals surface area contributed by atoms with Gasteiger partial charge in [-0.25, -0.2) is 4.39 Å². The monoisotopic (exact) mass is 195 g/mol. The number of rotatable bonds is 2. The van der Waals surface area contributed by atoms with Gasteiger partial charge in [0, 0.05) is 25.3 Å². The van der Waals surface area contributed by atoms with Crippen molar-refractivity contribution in [1.29, 1.82) is 0 Å². The van der Waals surface area contributed by atoms with Crippen LogP contribution >= 0.6 is 0 Å². The highest BCUT2D eigenvalue weighted by atomic mass is 19.1. The molecular formula is C11H14FNO. The fraction of sp³-hybridized carbons (Fsp3) is 0.364. The number of anilines is 1. The largest absolute Gasteiger partial charge is 0.377 e. The van der Waals surface area contributed by atoms with Gasteiger partial charge >= 0.3 is 0 Å². The minimum absolute atomic E-state index is 0.118. The first-order valence-corrected chi connectivity index (χ1v) is 4.42. The summed E-state index contributed by atoms with van der Waals surface area (Å²) < 4.78 is 13.2. The quantitative estimate of drug-likeness (QED) is 0.675. The Kier molecular flexibility index (Phi) is 2.89. The number of ketones is 1. The van der Waals surface area contributed by atoms with Gasteiger partial charge in [0.05, 0.1) is 0 Å². The van der Waals surface area contributed by atoms with Crippen LogP contribution in [0.2, 0.25) is 0 Å². The normalized spacial score (nSPS) is 10.1. The number of hydrogen-bond acceptors (Lipinski definition) is 2. The van der Waals surface area contributed by atoms with Crippen molar-refractivity contribution < 1.29 is 9.18 Å². The number of carbonyl (C=O) groups is 1. The summed E-state index contributed by atoms with van der Waals surface area (Å²) in [5.41, 5.74) is 1.74. The van der Waals surface area contributed by atoms with Gasteiger partial charge < -0.3 is 4.90 Å². The molecule has 0 amide bonds. The molecule has 0 N–H and O–H groups in total. The SMILES string of the molecule is CC(=O)c1cc(F)c(C)cc1N(C)C. The molecular weight excluding hydrogens is 181 g/mol. The third-order valence-electron chi connectivity index (χ3n) is 2.14. The van der Waals surface area contributed by atoms with Crippen LogP contribution in [0.1, 0.15) is 22.8 Å². The second-order valence-electron chi connectivity index (χ2n) is 3.57. The Morgan fingerprint density at radius 2 is 1.93 bits per heavy atom. The molecule has 0 heterocycles. The van der Waals surface area contributed by atoms with Crippen LogP contribution in [0.4, 0.5) is 10.1 Å². The molecule has 0 saturated carbocycles. The fourth-order valence-electron chi connectivity index (χ4n) is 1.32. The van der Waals surface area contributed by atoms with Crippen LogP contribution in [-0.2, 0) is 0 Å². The van der Waals surface area contributed by atoms with E-state index in [1.54, 1.807) is 13.0 Å². The molecule has 3 heteroatoms. The van der Waals surface area contributed by atoms with Gasteiger partial charge in [0.2, 0.25) is 0 Å². The number of halogens is 1. The van der Waals surface area contributed by atoms with Crippen molar-refractivity contribution in [3.8, 4) is 0 Å². The van der Waals surface area contributed by atoms with E-state index in [-0.39, 0.29) is 11.6 Å². The minimum atomic E-state index is -0.333. The summed E-state index contributed by atoms with van der Waals surface area (Å²) in [5, 5.41) is 0. The first-order valence-electron chi connectivity index (χ1n) is 4.42. The first-order chi connectivity index (χ1) is 6.43. The Bertz CT molecular complexity index is 372. The topological polar surface area (TPSA) is 20.3 Å². The van der Waals surface area contributed by atoms with E-state index < -0.39 is 0 Å². The number of hydrogen-bond donors (Lipinski definition) is 0. The summed E-state index contributed by atoms with van der Waals surface area (Å²) in [6.07, 6.45) is 0. The van der Waals surface area contributed by atoms with E-state index in [0.29, 0.717) is 11.1 Å². The van der Waals surface area contributed by atoms with Gasteiger partial charge in [-0.1, -0.05) is 0 Å². The molecule has 0 aliphatic carbocycles. The maximum absolute atomic E-state index is 13.2. The predicted molar refractivity (Wildman–Crippen MR) is 55.5 cm³/mol. The van der Waals surface area contributed by atoms with Gasteiger partial charge in [0.15, 0.2) is 5.78 Å². The molecule has 0 aliphatic rings. The van der Waals surface area contributed by atoms with E-state index in [4.69, 9.17) is 0 Å². The highest BCUT2D eigenvalue weighted by Crippen LogP contribution is 2.23. The molecule has 0 aromatic heterocycles. The maximum Gasteiger partial charge on any atom is 0.161 e. The average Bonchev–Trinajstić information content (AvgIpc) is 2.08. The summed E-state index contributed by atoms with van der Waals surface area (Å²) >= 11 is 0. The number of benzene rings is 1. The maximum atomic E-state index is 13.2. The van der Waals surface area contributed by atoms with Gasteiger partial charge in [0.1, 0.15) is 5.82 Å². The average molecular weight is 195 g/mol. The minimum Gasteiger partial charge on any atom is -0.377 e. The number of aryl methyl sites for hydroxylation is 1. The van der Waals surface area contributed by atoms with Crippen molar-refractivity contribution in [2.24, 2.45) is 0 Å². The lowest BCUT2D eigenvalue weighted by molar-refractivity contribution is 0.101. The molecule has 0 saturated heterocycles. The zero-order valence-corrected chi connectivity index (χ0v) is 8.89. The van der Waals surface area contributed by atoms with Gasteiger partial charge in [-0.3, -0.25) is 4.79 Å². The first kappa shape index (κ1) is 10.7. The van der Waals surface area contributed by atoms with Crippen LogP contribution in [0.5, 0.6) is 0 Å².